The molecule has 0 saturated carbocycles. The summed E-state index contributed by atoms with van der Waals surface area (Å²) in [4.78, 5) is 20.1. The molecular formula is C14H17N3O2S. The number of pyridine rings is 1. The lowest BCUT2D eigenvalue weighted by atomic mass is 10.2. The summed E-state index contributed by atoms with van der Waals surface area (Å²) in [6.07, 6.45) is 1.78. The van der Waals surface area contributed by atoms with Gasteiger partial charge in [-0.3, -0.25) is 4.79 Å². The standard InChI is InChI=1S/C14H17N3O2S/c1-8-4-5-10-11(15)12(20-13(10)16-8)14(19)17-6-2-3-9(17)7-18/h4-5,9,18H,2-3,6-7,15H2,1H3. The van der Waals surface area contributed by atoms with Gasteiger partial charge in [0.1, 0.15) is 9.71 Å². The maximum absolute atomic E-state index is 12.6. The Kier molecular flexibility index (Phi) is 3.35. The summed E-state index contributed by atoms with van der Waals surface area (Å²) in [5, 5.41) is 10.2. The van der Waals surface area contributed by atoms with Crippen LogP contribution in [-0.4, -0.2) is 40.1 Å². The van der Waals surface area contributed by atoms with Crippen LogP contribution in [0.25, 0.3) is 10.2 Å². The Morgan fingerprint density at radius 2 is 2.40 bits per heavy atom. The van der Waals surface area contributed by atoms with E-state index in [-0.39, 0.29) is 18.6 Å². The average Bonchev–Trinajstić information content (AvgIpc) is 3.02. The molecule has 1 amide bonds. The number of aliphatic hydroxyl groups excluding tert-OH is 1. The van der Waals surface area contributed by atoms with Gasteiger partial charge in [-0.1, -0.05) is 0 Å². The lowest BCUT2D eigenvalue weighted by molar-refractivity contribution is 0.0683. The van der Waals surface area contributed by atoms with Gasteiger partial charge < -0.3 is 15.7 Å². The molecule has 3 rings (SSSR count). The number of fused-ring (bicyclic) bond motifs is 1. The first-order valence-electron chi connectivity index (χ1n) is 6.69. The number of aromatic nitrogens is 1. The van der Waals surface area contributed by atoms with Crippen LogP contribution < -0.4 is 5.73 Å². The summed E-state index contributed by atoms with van der Waals surface area (Å²) in [6, 6.07) is 3.72. The second kappa shape index (κ2) is 5.03. The quantitative estimate of drug-likeness (QED) is 0.884. The molecule has 0 aromatic carbocycles. The number of carbonyl (C=O) groups excluding carboxylic acids is 1. The van der Waals surface area contributed by atoms with Crippen molar-refractivity contribution in [2.24, 2.45) is 0 Å². The Balaban J connectivity index is 2.01. The summed E-state index contributed by atoms with van der Waals surface area (Å²) in [5.41, 5.74) is 7.52. The van der Waals surface area contributed by atoms with Gasteiger partial charge >= 0.3 is 0 Å². The number of thiophene rings is 1. The molecule has 0 bridgehead atoms. The van der Waals surface area contributed by atoms with E-state index in [1.165, 1.54) is 11.3 Å². The van der Waals surface area contributed by atoms with Crippen molar-refractivity contribution < 1.29 is 9.90 Å². The fourth-order valence-electron chi connectivity index (χ4n) is 2.67. The van der Waals surface area contributed by atoms with Crippen LogP contribution in [0.1, 0.15) is 28.2 Å². The minimum atomic E-state index is -0.0836. The maximum atomic E-state index is 12.6. The van der Waals surface area contributed by atoms with Gasteiger partial charge in [-0.15, -0.1) is 11.3 Å². The molecule has 106 valence electrons. The maximum Gasteiger partial charge on any atom is 0.266 e. The highest BCUT2D eigenvalue weighted by molar-refractivity contribution is 7.21. The molecule has 1 fully saturated rings. The van der Waals surface area contributed by atoms with E-state index in [0.717, 1.165) is 28.8 Å². The summed E-state index contributed by atoms with van der Waals surface area (Å²) >= 11 is 1.34. The molecule has 20 heavy (non-hydrogen) atoms. The number of rotatable bonds is 2. The van der Waals surface area contributed by atoms with Crippen molar-refractivity contribution in [3.8, 4) is 0 Å². The summed E-state index contributed by atoms with van der Waals surface area (Å²) in [7, 11) is 0. The molecule has 1 atom stereocenters. The van der Waals surface area contributed by atoms with E-state index >= 15 is 0 Å². The molecule has 6 heteroatoms. The monoisotopic (exact) mass is 291 g/mol. The lowest BCUT2D eigenvalue weighted by Gasteiger charge is -2.22. The Morgan fingerprint density at radius 3 is 3.15 bits per heavy atom. The average molecular weight is 291 g/mol. The number of nitrogens with two attached hydrogens (primary N) is 1. The first kappa shape index (κ1) is 13.3. The predicted octanol–water partition coefficient (Wildman–Crippen LogP) is 1.78. The highest BCUT2D eigenvalue weighted by atomic mass is 32.1. The van der Waals surface area contributed by atoms with E-state index < -0.39 is 0 Å². The highest BCUT2D eigenvalue weighted by Gasteiger charge is 2.31. The second-order valence-electron chi connectivity index (χ2n) is 5.13. The van der Waals surface area contributed by atoms with Crippen LogP contribution in [-0.2, 0) is 0 Å². The Bertz CT molecular complexity index is 668. The molecule has 5 nitrogen and oxygen atoms in total. The minimum absolute atomic E-state index is 0.00784. The molecule has 0 spiro atoms. The van der Waals surface area contributed by atoms with Crippen LogP contribution >= 0.6 is 11.3 Å². The third kappa shape index (κ3) is 2.05. The van der Waals surface area contributed by atoms with E-state index in [1.54, 1.807) is 4.90 Å². The Labute approximate surface area is 121 Å². The largest absolute Gasteiger partial charge is 0.397 e. The molecule has 1 aliphatic heterocycles. The van der Waals surface area contributed by atoms with Gasteiger partial charge in [0.05, 0.1) is 18.3 Å². The number of anilines is 1. The van der Waals surface area contributed by atoms with Crippen LogP contribution in [0.4, 0.5) is 5.69 Å². The number of likely N-dealkylation sites (tertiary alicyclic amines) is 1. The van der Waals surface area contributed by atoms with Crippen LogP contribution in [0.15, 0.2) is 12.1 Å². The summed E-state index contributed by atoms with van der Waals surface area (Å²) in [5.74, 6) is -0.0836. The molecule has 3 N–H and O–H groups in total. The van der Waals surface area contributed by atoms with Gasteiger partial charge in [-0.05, 0) is 31.9 Å². The molecule has 1 saturated heterocycles. The molecular weight excluding hydrogens is 274 g/mol. The number of carbonyl (C=O) groups is 1. The zero-order valence-electron chi connectivity index (χ0n) is 11.3. The third-order valence-corrected chi connectivity index (χ3v) is 4.88. The zero-order valence-corrected chi connectivity index (χ0v) is 12.1. The summed E-state index contributed by atoms with van der Waals surface area (Å²) < 4.78 is 0. The Morgan fingerprint density at radius 1 is 1.60 bits per heavy atom. The Hall–Kier alpha value is -1.66. The first-order chi connectivity index (χ1) is 9.61. The van der Waals surface area contributed by atoms with Crippen LogP contribution in [0, 0.1) is 6.92 Å². The van der Waals surface area contributed by atoms with Gasteiger partial charge in [0.2, 0.25) is 0 Å². The normalized spacial score (nSPS) is 18.9. The second-order valence-corrected chi connectivity index (χ2v) is 6.13. The molecule has 0 radical (unpaired) electrons. The predicted molar refractivity (Wildman–Crippen MR) is 79.9 cm³/mol. The number of nitrogens with zero attached hydrogens (tertiary/aromatic N) is 2. The topological polar surface area (TPSA) is 79.5 Å². The summed E-state index contributed by atoms with van der Waals surface area (Å²) in [6.45, 7) is 2.61. The highest BCUT2D eigenvalue weighted by Crippen LogP contribution is 2.34. The van der Waals surface area contributed by atoms with Crippen LogP contribution in [0.5, 0.6) is 0 Å². The van der Waals surface area contributed by atoms with Crippen molar-refractivity contribution in [3.05, 3.63) is 22.7 Å². The third-order valence-electron chi connectivity index (χ3n) is 3.78. The van der Waals surface area contributed by atoms with Crippen molar-refractivity contribution in [3.63, 3.8) is 0 Å². The molecule has 0 aliphatic carbocycles. The minimum Gasteiger partial charge on any atom is -0.397 e. The fourth-order valence-corrected chi connectivity index (χ4v) is 3.77. The number of amides is 1. The lowest BCUT2D eigenvalue weighted by Crippen LogP contribution is -2.37. The van der Waals surface area contributed by atoms with Crippen molar-refractivity contribution in [2.45, 2.75) is 25.8 Å². The van der Waals surface area contributed by atoms with Crippen molar-refractivity contribution in [1.29, 1.82) is 0 Å². The molecule has 2 aromatic rings. The smallest absolute Gasteiger partial charge is 0.266 e. The van der Waals surface area contributed by atoms with E-state index in [0.29, 0.717) is 17.1 Å². The molecule has 3 heterocycles. The molecule has 2 aromatic heterocycles. The van der Waals surface area contributed by atoms with Crippen LogP contribution in [0.3, 0.4) is 0 Å². The van der Waals surface area contributed by atoms with Gasteiger partial charge in [-0.25, -0.2) is 4.98 Å². The van der Waals surface area contributed by atoms with Gasteiger partial charge in [0.25, 0.3) is 5.91 Å². The number of aliphatic hydroxyl groups is 1. The number of hydrogen-bond donors (Lipinski definition) is 2. The van der Waals surface area contributed by atoms with E-state index in [2.05, 4.69) is 4.98 Å². The molecule has 1 unspecified atom stereocenters. The number of hydrogen-bond acceptors (Lipinski definition) is 5. The van der Waals surface area contributed by atoms with E-state index in [4.69, 9.17) is 5.73 Å². The molecule has 1 aliphatic rings. The van der Waals surface area contributed by atoms with E-state index in [9.17, 15) is 9.90 Å². The van der Waals surface area contributed by atoms with Crippen LogP contribution in [0.2, 0.25) is 0 Å². The number of nitrogen functional groups attached to an aromatic ring is 1. The van der Waals surface area contributed by atoms with Gasteiger partial charge in [0, 0.05) is 17.6 Å². The first-order valence-corrected chi connectivity index (χ1v) is 7.51. The van der Waals surface area contributed by atoms with E-state index in [1.807, 2.05) is 19.1 Å². The SMILES string of the molecule is Cc1ccc2c(N)c(C(=O)N3CCCC3CO)sc2n1. The van der Waals surface area contributed by atoms with Gasteiger partial charge in [0.15, 0.2) is 0 Å². The van der Waals surface area contributed by atoms with Crippen molar-refractivity contribution >= 4 is 33.1 Å². The van der Waals surface area contributed by atoms with Crippen molar-refractivity contribution in [1.82, 2.24) is 9.88 Å². The van der Waals surface area contributed by atoms with Gasteiger partial charge in [-0.2, -0.15) is 0 Å². The fraction of sp³-hybridized carbons (Fsp3) is 0.429. The number of aryl methyl sites for hydroxylation is 1. The zero-order chi connectivity index (χ0) is 14.3. The van der Waals surface area contributed by atoms with Crippen molar-refractivity contribution in [2.75, 3.05) is 18.9 Å².